The highest BCUT2D eigenvalue weighted by Crippen LogP contribution is 2.68. The van der Waals surface area contributed by atoms with E-state index in [2.05, 4.69) is 36.3 Å². The van der Waals surface area contributed by atoms with Gasteiger partial charge in [-0.25, -0.2) is 0 Å². The van der Waals surface area contributed by atoms with Crippen molar-refractivity contribution in [2.75, 3.05) is 5.32 Å². The minimum absolute atomic E-state index is 0.00768. The molecule has 0 bridgehead atoms. The first-order valence-corrected chi connectivity index (χ1v) is 14.0. The zero-order valence-corrected chi connectivity index (χ0v) is 21.2. The van der Waals surface area contributed by atoms with Gasteiger partial charge in [0.05, 0.1) is 12.2 Å². The maximum atomic E-state index is 12.4. The molecule has 3 N–H and O–H groups in total. The number of aliphatic hydroxyl groups is 2. The Labute approximate surface area is 202 Å². The van der Waals surface area contributed by atoms with E-state index in [-0.39, 0.29) is 28.9 Å². The first-order valence-electron chi connectivity index (χ1n) is 13.2. The van der Waals surface area contributed by atoms with Crippen molar-refractivity contribution in [3.05, 3.63) is 5.51 Å². The summed E-state index contributed by atoms with van der Waals surface area (Å²) in [6, 6.07) is 0. The van der Waals surface area contributed by atoms with E-state index in [4.69, 9.17) is 0 Å². The van der Waals surface area contributed by atoms with Gasteiger partial charge in [-0.1, -0.05) is 32.1 Å². The molecule has 4 saturated carbocycles. The van der Waals surface area contributed by atoms with Gasteiger partial charge in [0.1, 0.15) is 5.51 Å². The van der Waals surface area contributed by atoms with Crippen LogP contribution in [0.1, 0.15) is 85.0 Å². The Morgan fingerprint density at radius 2 is 2.00 bits per heavy atom. The summed E-state index contributed by atoms with van der Waals surface area (Å²) in [5.74, 6) is 3.36. The zero-order chi connectivity index (χ0) is 23.4. The van der Waals surface area contributed by atoms with Crippen LogP contribution in [0, 0.1) is 46.3 Å². The van der Waals surface area contributed by atoms with Crippen molar-refractivity contribution < 1.29 is 15.0 Å². The first-order chi connectivity index (χ1) is 15.7. The summed E-state index contributed by atoms with van der Waals surface area (Å²) < 4.78 is 0. The smallest absolute Gasteiger partial charge is 0.226 e. The van der Waals surface area contributed by atoms with Gasteiger partial charge in [0.15, 0.2) is 0 Å². The first kappa shape index (κ1) is 23.7. The van der Waals surface area contributed by atoms with Crippen LogP contribution in [0.5, 0.6) is 0 Å². The van der Waals surface area contributed by atoms with E-state index in [0.29, 0.717) is 47.1 Å². The Bertz CT molecular complexity index is 850. The van der Waals surface area contributed by atoms with Crippen molar-refractivity contribution in [2.45, 2.75) is 97.2 Å². The summed E-state index contributed by atoms with van der Waals surface area (Å²) in [6.45, 7) is 7.13. The van der Waals surface area contributed by atoms with E-state index >= 15 is 0 Å². The number of carbonyl (C=O) groups is 1. The Hall–Kier alpha value is -1.05. The predicted molar refractivity (Wildman–Crippen MR) is 130 cm³/mol. The number of fused-ring (bicyclic) bond motifs is 5. The highest BCUT2D eigenvalue weighted by atomic mass is 32.1. The van der Waals surface area contributed by atoms with Gasteiger partial charge in [0.2, 0.25) is 11.0 Å². The zero-order valence-electron chi connectivity index (χ0n) is 20.4. The molecule has 0 unspecified atom stereocenters. The Balaban J connectivity index is 1.27. The van der Waals surface area contributed by atoms with Crippen LogP contribution in [-0.2, 0) is 4.79 Å². The SMILES string of the molecule is C[C@H](CCC(=O)Nc1nncs1)[C@@H]1CC[C@@H]2[C@@H]3CC[C@H]4C[C@H](O)CC[C@]4(C)[C@@H]3C[C@H](O)[C@@]21C. The van der Waals surface area contributed by atoms with E-state index in [1.165, 1.54) is 37.0 Å². The molecule has 0 radical (unpaired) electrons. The van der Waals surface area contributed by atoms with Crippen LogP contribution in [0.25, 0.3) is 0 Å². The summed E-state index contributed by atoms with van der Waals surface area (Å²) in [4.78, 5) is 12.4. The molecule has 7 heteroatoms. The molecule has 1 amide bonds. The number of amides is 1. The summed E-state index contributed by atoms with van der Waals surface area (Å²) in [7, 11) is 0. The molecule has 0 saturated heterocycles. The second-order valence-corrected chi connectivity index (χ2v) is 13.0. The normalized spacial score (nSPS) is 45.5. The van der Waals surface area contributed by atoms with Crippen LogP contribution in [-0.4, -0.2) is 38.5 Å². The van der Waals surface area contributed by atoms with Gasteiger partial charge in [-0.2, -0.15) is 0 Å². The molecule has 6 nitrogen and oxygen atoms in total. The van der Waals surface area contributed by atoms with Crippen molar-refractivity contribution in [3.8, 4) is 0 Å². The fourth-order valence-electron chi connectivity index (χ4n) is 9.13. The number of rotatable bonds is 5. The molecule has 184 valence electrons. The summed E-state index contributed by atoms with van der Waals surface area (Å²) in [6.07, 6.45) is 9.72. The summed E-state index contributed by atoms with van der Waals surface area (Å²) >= 11 is 1.34. The summed E-state index contributed by atoms with van der Waals surface area (Å²) in [5.41, 5.74) is 1.85. The Morgan fingerprint density at radius 3 is 2.76 bits per heavy atom. The lowest BCUT2D eigenvalue weighted by Gasteiger charge is -2.62. The van der Waals surface area contributed by atoms with Crippen LogP contribution in [0.3, 0.4) is 0 Å². The highest BCUT2D eigenvalue weighted by Gasteiger charge is 2.63. The molecule has 0 spiro atoms. The fraction of sp³-hybridized carbons (Fsp3) is 0.885. The van der Waals surface area contributed by atoms with Crippen LogP contribution >= 0.6 is 11.3 Å². The Morgan fingerprint density at radius 1 is 1.18 bits per heavy atom. The van der Waals surface area contributed by atoms with Crippen molar-refractivity contribution in [3.63, 3.8) is 0 Å². The van der Waals surface area contributed by atoms with Gasteiger partial charge >= 0.3 is 0 Å². The lowest BCUT2D eigenvalue weighted by Crippen LogP contribution is -2.58. The quantitative estimate of drug-likeness (QED) is 0.564. The third-order valence-electron chi connectivity index (χ3n) is 10.9. The molecule has 0 aromatic carbocycles. The van der Waals surface area contributed by atoms with Gasteiger partial charge in [0.25, 0.3) is 0 Å². The second kappa shape index (κ2) is 8.87. The molecule has 1 heterocycles. The van der Waals surface area contributed by atoms with Crippen molar-refractivity contribution >= 4 is 22.4 Å². The largest absolute Gasteiger partial charge is 0.393 e. The molecule has 4 aliphatic carbocycles. The van der Waals surface area contributed by atoms with Gasteiger partial charge in [-0.15, -0.1) is 10.2 Å². The topological polar surface area (TPSA) is 95.3 Å². The van der Waals surface area contributed by atoms with E-state index in [1.54, 1.807) is 5.51 Å². The average Bonchev–Trinajstić information content (AvgIpc) is 3.41. The van der Waals surface area contributed by atoms with Crippen LogP contribution in [0.15, 0.2) is 5.51 Å². The Kier molecular flexibility index (Phi) is 6.36. The number of hydrogen-bond donors (Lipinski definition) is 3. The third kappa shape index (κ3) is 3.96. The standard InChI is InChI=1S/C26H41N3O3S/c1-15(4-9-23(32)28-24-29-27-14-33-24)19-7-8-20-18-6-5-16-12-17(30)10-11-25(16,2)21(18)13-22(31)26(19,20)3/h14-22,30-31H,4-13H2,1-3H3,(H,28,29,32)/t15-,16+,17-,18+,19+,20-,21-,22+,25+,26-/m1/s1. The molecule has 5 rings (SSSR count). The molecule has 33 heavy (non-hydrogen) atoms. The van der Waals surface area contributed by atoms with Crippen LogP contribution in [0.4, 0.5) is 5.13 Å². The van der Waals surface area contributed by atoms with E-state index < -0.39 is 0 Å². The summed E-state index contributed by atoms with van der Waals surface area (Å²) in [5, 5.41) is 33.0. The van der Waals surface area contributed by atoms with Gasteiger partial charge < -0.3 is 15.5 Å². The average molecular weight is 476 g/mol. The van der Waals surface area contributed by atoms with Crippen molar-refractivity contribution in [1.82, 2.24) is 10.2 Å². The molecule has 0 aliphatic heterocycles. The van der Waals surface area contributed by atoms with Gasteiger partial charge in [-0.3, -0.25) is 4.79 Å². The van der Waals surface area contributed by atoms with Gasteiger partial charge in [-0.05, 0) is 104 Å². The van der Waals surface area contributed by atoms with Crippen LogP contribution < -0.4 is 5.32 Å². The molecule has 10 atom stereocenters. The van der Waals surface area contributed by atoms with E-state index in [0.717, 1.165) is 32.1 Å². The second-order valence-electron chi connectivity index (χ2n) is 12.2. The highest BCUT2D eigenvalue weighted by molar-refractivity contribution is 7.13. The molecular formula is C26H41N3O3S. The number of nitrogens with zero attached hydrogens (tertiary/aromatic N) is 2. The lowest BCUT2D eigenvalue weighted by molar-refractivity contribution is -0.174. The number of hydrogen-bond acceptors (Lipinski definition) is 6. The number of anilines is 1. The maximum Gasteiger partial charge on any atom is 0.226 e. The van der Waals surface area contributed by atoms with Gasteiger partial charge in [0, 0.05) is 6.42 Å². The van der Waals surface area contributed by atoms with E-state index in [9.17, 15) is 15.0 Å². The third-order valence-corrected chi connectivity index (χ3v) is 11.5. The van der Waals surface area contributed by atoms with Crippen molar-refractivity contribution in [1.29, 1.82) is 0 Å². The minimum atomic E-state index is -0.267. The molecule has 1 aromatic rings. The molecule has 1 aromatic heterocycles. The predicted octanol–water partition coefficient (Wildman–Crippen LogP) is 4.88. The number of aromatic nitrogens is 2. The molecule has 4 fully saturated rings. The molecular weight excluding hydrogens is 434 g/mol. The number of carbonyl (C=O) groups excluding carboxylic acids is 1. The van der Waals surface area contributed by atoms with Crippen LogP contribution in [0.2, 0.25) is 0 Å². The monoisotopic (exact) mass is 475 g/mol. The number of nitrogens with one attached hydrogen (secondary N) is 1. The number of aliphatic hydroxyl groups excluding tert-OH is 2. The van der Waals surface area contributed by atoms with Crippen molar-refractivity contribution in [2.24, 2.45) is 46.3 Å². The lowest BCUT2D eigenvalue weighted by atomic mass is 9.43. The minimum Gasteiger partial charge on any atom is -0.393 e. The maximum absolute atomic E-state index is 12.4. The molecule has 4 aliphatic rings. The fourth-order valence-corrected chi connectivity index (χ4v) is 9.59. The van der Waals surface area contributed by atoms with E-state index in [1.807, 2.05) is 0 Å².